The van der Waals surface area contributed by atoms with Gasteiger partial charge in [0.1, 0.15) is 5.82 Å². The predicted octanol–water partition coefficient (Wildman–Crippen LogP) is 3.61. The Kier molecular flexibility index (Phi) is 3.08. The summed E-state index contributed by atoms with van der Waals surface area (Å²) < 4.78 is 13.8. The smallest absolute Gasteiger partial charge is 0.193 e. The van der Waals surface area contributed by atoms with Crippen molar-refractivity contribution < 1.29 is 4.39 Å². The highest BCUT2D eigenvalue weighted by molar-refractivity contribution is 9.10. The first kappa shape index (κ1) is 12.3. The number of fused-ring (bicyclic) bond motifs is 1. The van der Waals surface area contributed by atoms with Gasteiger partial charge in [0.25, 0.3) is 0 Å². The van der Waals surface area contributed by atoms with Gasteiger partial charge in [-0.05, 0) is 47.8 Å². The lowest BCUT2D eigenvalue weighted by molar-refractivity contribution is 0.622. The summed E-state index contributed by atoms with van der Waals surface area (Å²) in [6, 6.07) is 1.43. The summed E-state index contributed by atoms with van der Waals surface area (Å²) in [7, 11) is 0. The first-order chi connectivity index (χ1) is 7.97. The third-order valence-corrected chi connectivity index (χ3v) is 3.84. The molecule has 0 aliphatic carbocycles. The second-order valence-corrected chi connectivity index (χ2v) is 4.94. The van der Waals surface area contributed by atoms with E-state index in [4.69, 9.17) is 0 Å². The van der Waals surface area contributed by atoms with Crippen LogP contribution >= 0.6 is 15.9 Å². The molecule has 4 heteroatoms. The van der Waals surface area contributed by atoms with E-state index in [0.717, 1.165) is 17.7 Å². The first-order valence-corrected chi connectivity index (χ1v) is 6.26. The Morgan fingerprint density at radius 3 is 2.65 bits per heavy atom. The van der Waals surface area contributed by atoms with Crippen molar-refractivity contribution in [3.63, 3.8) is 0 Å². The van der Waals surface area contributed by atoms with Gasteiger partial charge in [-0.15, -0.1) is 0 Å². The van der Waals surface area contributed by atoms with Crippen LogP contribution in [-0.2, 0) is 6.42 Å². The highest BCUT2D eigenvalue weighted by Crippen LogP contribution is 2.27. The second kappa shape index (κ2) is 4.26. The van der Waals surface area contributed by atoms with Gasteiger partial charge in [-0.1, -0.05) is 6.92 Å². The van der Waals surface area contributed by atoms with Gasteiger partial charge in [-0.3, -0.25) is 4.79 Å². The minimum absolute atomic E-state index is 0.106. The number of aryl methyl sites for hydroxylation is 2. The molecule has 1 N–H and O–H groups in total. The van der Waals surface area contributed by atoms with E-state index in [2.05, 4.69) is 20.9 Å². The maximum atomic E-state index is 13.6. The van der Waals surface area contributed by atoms with Gasteiger partial charge in [0.2, 0.25) is 0 Å². The van der Waals surface area contributed by atoms with Crippen LogP contribution in [0.2, 0.25) is 0 Å². The fourth-order valence-corrected chi connectivity index (χ4v) is 2.54. The molecule has 0 amide bonds. The Labute approximate surface area is 107 Å². The molecule has 0 bridgehead atoms. The van der Waals surface area contributed by atoms with Crippen molar-refractivity contribution in [2.24, 2.45) is 0 Å². The summed E-state index contributed by atoms with van der Waals surface area (Å²) in [6.07, 6.45) is 0.755. The number of hydrogen-bond acceptors (Lipinski definition) is 1. The maximum absolute atomic E-state index is 13.6. The molecular weight excluding hydrogens is 285 g/mol. The van der Waals surface area contributed by atoms with Crippen molar-refractivity contribution in [2.45, 2.75) is 27.2 Å². The standard InChI is InChI=1S/C13H13BrFNO/c1-4-9-7(3)13(17)10-11(14)8(15)5-6(2)12(10)16-9/h5H,4H2,1-3H3,(H,16,17). The second-order valence-electron chi connectivity index (χ2n) is 4.15. The number of aromatic amines is 1. The molecule has 0 atom stereocenters. The molecule has 0 aliphatic heterocycles. The van der Waals surface area contributed by atoms with Crippen molar-refractivity contribution in [1.82, 2.24) is 4.98 Å². The highest BCUT2D eigenvalue weighted by Gasteiger charge is 2.14. The normalized spacial score (nSPS) is 11.1. The topological polar surface area (TPSA) is 32.9 Å². The summed E-state index contributed by atoms with van der Waals surface area (Å²) in [5, 5.41) is 0.400. The fourth-order valence-electron chi connectivity index (χ4n) is 2.05. The highest BCUT2D eigenvalue weighted by atomic mass is 79.9. The summed E-state index contributed by atoms with van der Waals surface area (Å²) >= 11 is 3.15. The van der Waals surface area contributed by atoms with Gasteiger partial charge >= 0.3 is 0 Å². The van der Waals surface area contributed by atoms with Gasteiger partial charge in [-0.2, -0.15) is 0 Å². The van der Waals surface area contributed by atoms with E-state index < -0.39 is 5.82 Å². The molecule has 0 saturated heterocycles. The monoisotopic (exact) mass is 297 g/mol. The summed E-state index contributed by atoms with van der Waals surface area (Å²) in [4.78, 5) is 15.4. The summed E-state index contributed by atoms with van der Waals surface area (Å²) in [5.41, 5.74) is 2.91. The van der Waals surface area contributed by atoms with Crippen molar-refractivity contribution in [3.05, 3.63) is 43.4 Å². The van der Waals surface area contributed by atoms with E-state index in [-0.39, 0.29) is 9.90 Å². The van der Waals surface area contributed by atoms with Crippen LogP contribution in [0, 0.1) is 19.7 Å². The average Bonchev–Trinajstić information content (AvgIpc) is 2.29. The Morgan fingerprint density at radius 2 is 2.06 bits per heavy atom. The van der Waals surface area contributed by atoms with Gasteiger partial charge in [0, 0.05) is 11.3 Å². The van der Waals surface area contributed by atoms with E-state index in [1.807, 2.05) is 6.92 Å². The molecule has 0 saturated carbocycles. The Hall–Kier alpha value is -1.16. The number of rotatable bonds is 1. The Balaban J connectivity index is 3.07. The van der Waals surface area contributed by atoms with E-state index in [9.17, 15) is 9.18 Å². The summed E-state index contributed by atoms with van der Waals surface area (Å²) in [6.45, 7) is 5.55. The number of hydrogen-bond donors (Lipinski definition) is 1. The third-order valence-electron chi connectivity index (χ3n) is 3.07. The number of nitrogens with one attached hydrogen (secondary N) is 1. The molecule has 1 aromatic carbocycles. The van der Waals surface area contributed by atoms with E-state index in [0.29, 0.717) is 16.5 Å². The van der Waals surface area contributed by atoms with Gasteiger partial charge in [-0.25, -0.2) is 4.39 Å². The molecule has 17 heavy (non-hydrogen) atoms. The molecule has 1 heterocycles. The van der Waals surface area contributed by atoms with Gasteiger partial charge < -0.3 is 4.98 Å². The van der Waals surface area contributed by atoms with Crippen LogP contribution in [-0.4, -0.2) is 4.98 Å². The molecule has 0 spiro atoms. The van der Waals surface area contributed by atoms with E-state index in [1.165, 1.54) is 6.07 Å². The lowest BCUT2D eigenvalue weighted by Crippen LogP contribution is -2.13. The summed E-state index contributed by atoms with van der Waals surface area (Å²) in [5.74, 6) is -0.399. The van der Waals surface area contributed by atoms with Crippen molar-refractivity contribution in [1.29, 1.82) is 0 Å². The molecule has 2 nitrogen and oxygen atoms in total. The number of H-pyrrole nitrogens is 1. The van der Waals surface area contributed by atoms with Crippen molar-refractivity contribution in [2.75, 3.05) is 0 Å². The van der Waals surface area contributed by atoms with Gasteiger partial charge in [0.15, 0.2) is 5.43 Å². The molecule has 0 radical (unpaired) electrons. The van der Waals surface area contributed by atoms with Gasteiger partial charge in [0.05, 0.1) is 15.4 Å². The molecule has 0 unspecified atom stereocenters. The molecule has 2 aromatic rings. The molecular formula is C13H13BrFNO. The lowest BCUT2D eigenvalue weighted by atomic mass is 10.1. The Bertz CT molecular complexity index is 661. The molecule has 0 fully saturated rings. The largest absolute Gasteiger partial charge is 0.358 e. The number of pyridine rings is 1. The third kappa shape index (κ3) is 1.80. The van der Waals surface area contributed by atoms with Crippen molar-refractivity contribution >= 4 is 26.8 Å². The zero-order chi connectivity index (χ0) is 12.7. The SMILES string of the molecule is CCc1[nH]c2c(C)cc(F)c(Br)c2c(=O)c1C. The quantitative estimate of drug-likeness (QED) is 0.857. The maximum Gasteiger partial charge on any atom is 0.193 e. The number of aromatic nitrogens is 1. The minimum atomic E-state index is -0.399. The molecule has 0 aliphatic rings. The van der Waals surface area contributed by atoms with Crippen LogP contribution in [0.15, 0.2) is 15.3 Å². The number of halogens is 2. The van der Waals surface area contributed by atoms with Crippen LogP contribution in [0.4, 0.5) is 4.39 Å². The van der Waals surface area contributed by atoms with Crippen molar-refractivity contribution in [3.8, 4) is 0 Å². The van der Waals surface area contributed by atoms with E-state index in [1.54, 1.807) is 13.8 Å². The van der Waals surface area contributed by atoms with E-state index >= 15 is 0 Å². The molecule has 90 valence electrons. The minimum Gasteiger partial charge on any atom is -0.358 e. The lowest BCUT2D eigenvalue weighted by Gasteiger charge is -2.10. The number of benzene rings is 1. The average molecular weight is 298 g/mol. The Morgan fingerprint density at radius 1 is 1.41 bits per heavy atom. The molecule has 1 aromatic heterocycles. The van der Waals surface area contributed by atoms with Crippen LogP contribution in [0.1, 0.15) is 23.7 Å². The van der Waals surface area contributed by atoms with Crippen LogP contribution < -0.4 is 5.43 Å². The first-order valence-electron chi connectivity index (χ1n) is 5.47. The zero-order valence-electron chi connectivity index (χ0n) is 9.95. The van der Waals surface area contributed by atoms with Crippen LogP contribution in [0.5, 0.6) is 0 Å². The zero-order valence-corrected chi connectivity index (χ0v) is 11.5. The molecule has 2 rings (SSSR count). The van der Waals surface area contributed by atoms with Crippen LogP contribution in [0.25, 0.3) is 10.9 Å². The predicted molar refractivity (Wildman–Crippen MR) is 71.1 cm³/mol. The fraction of sp³-hybridized carbons (Fsp3) is 0.308. The van der Waals surface area contributed by atoms with Crippen LogP contribution in [0.3, 0.4) is 0 Å².